The fraction of sp³-hybridized carbons (Fsp3) is 0.625. The van der Waals surface area contributed by atoms with E-state index in [0.29, 0.717) is 12.6 Å². The second kappa shape index (κ2) is 6.79. The molecule has 3 rings (SSSR count). The van der Waals surface area contributed by atoms with E-state index in [-0.39, 0.29) is 18.0 Å². The highest BCUT2D eigenvalue weighted by Gasteiger charge is 2.30. The molecule has 3 N–H and O–H groups in total. The van der Waals surface area contributed by atoms with Gasteiger partial charge in [0.05, 0.1) is 6.54 Å². The lowest BCUT2D eigenvalue weighted by Gasteiger charge is -2.29. The van der Waals surface area contributed by atoms with Gasteiger partial charge in [-0.25, -0.2) is 4.79 Å². The molecular weight excluding hydrogens is 298 g/mol. The van der Waals surface area contributed by atoms with Crippen LogP contribution in [0, 0.1) is 0 Å². The van der Waals surface area contributed by atoms with Crippen molar-refractivity contribution in [1.82, 2.24) is 10.6 Å². The van der Waals surface area contributed by atoms with E-state index in [4.69, 9.17) is 0 Å². The van der Waals surface area contributed by atoms with Gasteiger partial charge in [0.15, 0.2) is 6.54 Å². The van der Waals surface area contributed by atoms with E-state index in [0.717, 1.165) is 38.6 Å². The van der Waals surface area contributed by atoms with Crippen molar-refractivity contribution in [1.29, 1.82) is 0 Å². The number of hydrogen-bond donors (Lipinski definition) is 3. The first-order chi connectivity index (χ1) is 10.6. The van der Waals surface area contributed by atoms with Crippen molar-refractivity contribution in [3.05, 3.63) is 21.9 Å². The molecule has 22 heavy (non-hydrogen) atoms. The van der Waals surface area contributed by atoms with E-state index in [2.05, 4.69) is 29.0 Å². The van der Waals surface area contributed by atoms with Crippen molar-refractivity contribution in [3.8, 4) is 0 Å². The maximum atomic E-state index is 12.1. The highest BCUT2D eigenvalue weighted by molar-refractivity contribution is 7.10. The van der Waals surface area contributed by atoms with E-state index in [9.17, 15) is 9.59 Å². The Labute approximate surface area is 135 Å². The van der Waals surface area contributed by atoms with E-state index in [1.807, 2.05) is 0 Å². The molecule has 1 aliphatic carbocycles. The van der Waals surface area contributed by atoms with Crippen LogP contribution >= 0.6 is 11.3 Å². The molecular formula is C16H24N3O2S+. The zero-order valence-corrected chi connectivity index (χ0v) is 13.8. The molecule has 1 aliphatic heterocycles. The topological polar surface area (TPSA) is 62.6 Å². The summed E-state index contributed by atoms with van der Waals surface area (Å²) in [5.41, 5.74) is 1.36. The minimum absolute atomic E-state index is 0.184. The van der Waals surface area contributed by atoms with Gasteiger partial charge in [-0.2, -0.15) is 0 Å². The Morgan fingerprint density at radius 2 is 2.14 bits per heavy atom. The van der Waals surface area contributed by atoms with Gasteiger partial charge in [-0.15, -0.1) is 11.3 Å². The molecule has 0 bridgehead atoms. The maximum Gasteiger partial charge on any atom is 0.321 e. The van der Waals surface area contributed by atoms with Crippen molar-refractivity contribution in [2.24, 2.45) is 0 Å². The van der Waals surface area contributed by atoms with E-state index in [1.165, 1.54) is 15.3 Å². The Kier molecular flexibility index (Phi) is 4.78. The van der Waals surface area contributed by atoms with Gasteiger partial charge < -0.3 is 10.2 Å². The molecule has 5 nitrogen and oxygen atoms in total. The third kappa shape index (κ3) is 3.50. The molecule has 3 amide bonds. The van der Waals surface area contributed by atoms with Crippen molar-refractivity contribution in [3.63, 3.8) is 0 Å². The summed E-state index contributed by atoms with van der Waals surface area (Å²) in [6, 6.07) is 2.38. The fourth-order valence-electron chi connectivity index (χ4n) is 3.56. The monoisotopic (exact) mass is 322 g/mol. The van der Waals surface area contributed by atoms with E-state index >= 15 is 0 Å². The van der Waals surface area contributed by atoms with Crippen LogP contribution in [0.5, 0.6) is 0 Å². The average molecular weight is 322 g/mol. The molecule has 6 heteroatoms. The smallest absolute Gasteiger partial charge is 0.321 e. The zero-order valence-electron chi connectivity index (χ0n) is 13.0. The number of urea groups is 1. The van der Waals surface area contributed by atoms with Crippen molar-refractivity contribution < 1.29 is 14.5 Å². The second-order valence-corrected chi connectivity index (χ2v) is 7.36. The van der Waals surface area contributed by atoms with Gasteiger partial charge >= 0.3 is 6.03 Å². The lowest BCUT2D eigenvalue weighted by atomic mass is 10.0. The van der Waals surface area contributed by atoms with Crippen molar-refractivity contribution in [2.45, 2.75) is 51.1 Å². The molecule has 1 fully saturated rings. The summed E-state index contributed by atoms with van der Waals surface area (Å²) in [5.74, 6) is -0.184. The largest absolute Gasteiger partial charge is 0.335 e. The third-order valence-corrected chi connectivity index (χ3v) is 5.86. The summed E-state index contributed by atoms with van der Waals surface area (Å²) in [7, 11) is 0. The van der Waals surface area contributed by atoms with Crippen LogP contribution in [-0.4, -0.2) is 31.1 Å². The van der Waals surface area contributed by atoms with Gasteiger partial charge in [-0.05, 0) is 31.2 Å². The van der Waals surface area contributed by atoms with Crippen LogP contribution < -0.4 is 15.5 Å². The average Bonchev–Trinajstić information content (AvgIpc) is 3.12. The molecule has 0 radical (unpaired) electrons. The van der Waals surface area contributed by atoms with Gasteiger partial charge in [0, 0.05) is 22.9 Å². The Hall–Kier alpha value is -1.40. The first kappa shape index (κ1) is 15.5. The number of imide groups is 1. The summed E-state index contributed by atoms with van der Waals surface area (Å²) in [5, 5.41) is 7.50. The fourth-order valence-corrected chi connectivity index (χ4v) is 4.54. The number of amides is 3. The minimum atomic E-state index is -0.336. The molecule has 2 aliphatic rings. The number of nitrogens with one attached hydrogen (secondary N) is 3. The summed E-state index contributed by atoms with van der Waals surface area (Å²) < 4.78 is 0. The molecule has 2 atom stereocenters. The zero-order chi connectivity index (χ0) is 15.5. The molecule has 1 aromatic heterocycles. The first-order valence-electron chi connectivity index (χ1n) is 8.14. The number of carbonyl (C=O) groups excluding carboxylic acids is 2. The molecule has 120 valence electrons. The maximum absolute atomic E-state index is 12.1. The van der Waals surface area contributed by atoms with E-state index < -0.39 is 0 Å². The van der Waals surface area contributed by atoms with Crippen LogP contribution in [-0.2, 0) is 11.2 Å². The van der Waals surface area contributed by atoms with Gasteiger partial charge in [0.2, 0.25) is 0 Å². The van der Waals surface area contributed by atoms with Gasteiger partial charge in [0.1, 0.15) is 6.04 Å². The molecule has 0 saturated heterocycles. The van der Waals surface area contributed by atoms with E-state index in [1.54, 1.807) is 11.3 Å². The Bertz CT molecular complexity index is 551. The second-order valence-electron chi connectivity index (χ2n) is 6.36. The lowest BCUT2D eigenvalue weighted by molar-refractivity contribution is -0.924. The Morgan fingerprint density at radius 1 is 1.36 bits per heavy atom. The standard InChI is InChI=1S/C16H23N3O2S/c1-11-13-7-9-22-14(13)6-8-19(11)10-15(20)18-16(21)17-12-4-2-3-5-12/h7,9,11-12H,2-6,8,10H2,1H3,(H2,17,18,20,21)/p+1/t11-/m0/s1. The summed E-state index contributed by atoms with van der Waals surface area (Å²) in [6.07, 6.45) is 5.40. The third-order valence-electron chi connectivity index (χ3n) is 4.86. The highest BCUT2D eigenvalue weighted by atomic mass is 32.1. The molecule has 1 unspecified atom stereocenters. The van der Waals surface area contributed by atoms with Crippen LogP contribution in [0.1, 0.15) is 49.1 Å². The SMILES string of the molecule is C[C@H]1c2ccsc2CC[NH+]1CC(=O)NC(=O)NC1CCCC1. The van der Waals surface area contributed by atoms with Crippen molar-refractivity contribution >= 4 is 23.3 Å². The summed E-state index contributed by atoms with van der Waals surface area (Å²) in [6.45, 7) is 3.47. The Balaban J connectivity index is 1.48. The summed E-state index contributed by atoms with van der Waals surface area (Å²) in [4.78, 5) is 26.6. The van der Waals surface area contributed by atoms with Crippen LogP contribution in [0.25, 0.3) is 0 Å². The van der Waals surface area contributed by atoms with Crippen molar-refractivity contribution in [2.75, 3.05) is 13.1 Å². The quantitative estimate of drug-likeness (QED) is 0.778. The minimum Gasteiger partial charge on any atom is -0.335 e. The van der Waals surface area contributed by atoms with Crippen LogP contribution in [0.4, 0.5) is 4.79 Å². The van der Waals surface area contributed by atoms with Gasteiger partial charge in [-0.1, -0.05) is 12.8 Å². The molecule has 1 saturated carbocycles. The number of fused-ring (bicyclic) bond motifs is 1. The molecule has 0 aromatic carbocycles. The molecule has 2 heterocycles. The molecule has 0 spiro atoms. The predicted octanol–water partition coefficient (Wildman–Crippen LogP) is 1.02. The normalized spacial score (nSPS) is 24.8. The van der Waals surface area contributed by atoms with Gasteiger partial charge in [-0.3, -0.25) is 10.1 Å². The lowest BCUT2D eigenvalue weighted by Crippen LogP contribution is -3.14. The van der Waals surface area contributed by atoms with Crippen LogP contribution in [0.15, 0.2) is 11.4 Å². The highest BCUT2D eigenvalue weighted by Crippen LogP contribution is 2.24. The van der Waals surface area contributed by atoms with Crippen LogP contribution in [0.3, 0.4) is 0 Å². The van der Waals surface area contributed by atoms with Crippen LogP contribution in [0.2, 0.25) is 0 Å². The number of thiophene rings is 1. The number of hydrogen-bond acceptors (Lipinski definition) is 3. The number of quaternary nitrogens is 1. The summed E-state index contributed by atoms with van der Waals surface area (Å²) >= 11 is 1.80. The number of carbonyl (C=O) groups is 2. The number of rotatable bonds is 3. The first-order valence-corrected chi connectivity index (χ1v) is 9.02. The molecule has 1 aromatic rings. The van der Waals surface area contributed by atoms with Gasteiger partial charge in [0.25, 0.3) is 5.91 Å². The Morgan fingerprint density at radius 3 is 2.91 bits per heavy atom. The predicted molar refractivity (Wildman–Crippen MR) is 86.1 cm³/mol.